The number of likely N-dealkylation sites (tertiary alicyclic amines) is 1. The van der Waals surface area contributed by atoms with Gasteiger partial charge in [0.25, 0.3) is 0 Å². The van der Waals surface area contributed by atoms with Crippen LogP contribution in [0.25, 0.3) is 0 Å². The van der Waals surface area contributed by atoms with Gasteiger partial charge < -0.3 is 10.4 Å². The lowest BCUT2D eigenvalue weighted by Gasteiger charge is -2.32. The first-order chi connectivity index (χ1) is 10.1. The van der Waals surface area contributed by atoms with Crippen LogP contribution in [0, 0.1) is 5.92 Å². The van der Waals surface area contributed by atoms with Gasteiger partial charge in [0, 0.05) is 12.1 Å². The molecule has 1 amide bonds. The summed E-state index contributed by atoms with van der Waals surface area (Å²) in [4.78, 5) is 25.7. The smallest absolute Gasteiger partial charge is 0.320 e. The van der Waals surface area contributed by atoms with Gasteiger partial charge in [0.1, 0.15) is 6.04 Å². The van der Waals surface area contributed by atoms with Crippen LogP contribution in [0.2, 0.25) is 0 Å². The molecule has 2 aliphatic carbocycles. The minimum absolute atomic E-state index is 0.0133. The Kier molecular flexibility index (Phi) is 4.48. The minimum Gasteiger partial charge on any atom is -0.480 e. The molecule has 1 heterocycles. The molecule has 0 radical (unpaired) electrons. The highest BCUT2D eigenvalue weighted by atomic mass is 16.4. The number of carboxylic acids is 1. The molecule has 3 fully saturated rings. The van der Waals surface area contributed by atoms with E-state index in [-0.39, 0.29) is 12.5 Å². The fourth-order valence-electron chi connectivity index (χ4n) is 4.53. The first kappa shape index (κ1) is 14.8. The zero-order valence-corrected chi connectivity index (χ0v) is 12.6. The molecule has 0 bridgehead atoms. The lowest BCUT2D eigenvalue weighted by molar-refractivity contribution is -0.143. The molecule has 0 unspecified atom stereocenters. The average Bonchev–Trinajstić information content (AvgIpc) is 3.07. The van der Waals surface area contributed by atoms with Crippen molar-refractivity contribution >= 4 is 11.9 Å². The Bertz CT molecular complexity index is 406. The Balaban J connectivity index is 1.62. The van der Waals surface area contributed by atoms with Crippen LogP contribution in [0.5, 0.6) is 0 Å². The van der Waals surface area contributed by atoms with Crippen LogP contribution >= 0.6 is 0 Å². The van der Waals surface area contributed by atoms with E-state index in [9.17, 15) is 14.7 Å². The fraction of sp³-hybridized carbons (Fsp3) is 0.875. The van der Waals surface area contributed by atoms with E-state index in [0.717, 1.165) is 38.5 Å². The van der Waals surface area contributed by atoms with Crippen LogP contribution < -0.4 is 5.32 Å². The highest BCUT2D eigenvalue weighted by Crippen LogP contribution is 2.39. The number of nitrogens with zero attached hydrogens (tertiary/aromatic N) is 1. The molecule has 1 aliphatic heterocycles. The van der Waals surface area contributed by atoms with Crippen LogP contribution in [0.4, 0.5) is 0 Å². The van der Waals surface area contributed by atoms with Crippen molar-refractivity contribution in [1.82, 2.24) is 10.2 Å². The molecule has 3 rings (SSSR count). The standard InChI is InChI=1S/C16H26N2O3/c19-15(17-12-6-2-3-7-12)10-18-13-8-4-1-5-11(13)9-14(18)16(20)21/h11-14H,1-10H2,(H,17,19)(H,20,21)/t11-,13-,14+/m1/s1. The van der Waals surface area contributed by atoms with E-state index >= 15 is 0 Å². The van der Waals surface area contributed by atoms with Gasteiger partial charge in [-0.25, -0.2) is 0 Å². The highest BCUT2D eigenvalue weighted by molar-refractivity contribution is 5.80. The third-order valence-corrected chi connectivity index (χ3v) is 5.55. The third-order valence-electron chi connectivity index (χ3n) is 5.55. The Morgan fingerprint density at radius 3 is 2.43 bits per heavy atom. The molecule has 0 spiro atoms. The number of rotatable bonds is 4. The molecule has 0 aromatic carbocycles. The number of carbonyl (C=O) groups excluding carboxylic acids is 1. The molecule has 3 aliphatic rings. The van der Waals surface area contributed by atoms with Crippen LogP contribution in [-0.4, -0.2) is 46.6 Å². The van der Waals surface area contributed by atoms with Crippen molar-refractivity contribution in [3.8, 4) is 0 Å². The number of aliphatic carboxylic acids is 1. The van der Waals surface area contributed by atoms with Crippen molar-refractivity contribution in [2.24, 2.45) is 5.92 Å². The monoisotopic (exact) mass is 294 g/mol. The third kappa shape index (κ3) is 3.23. The maximum atomic E-state index is 12.3. The molecular weight excluding hydrogens is 268 g/mol. The average molecular weight is 294 g/mol. The molecule has 0 aromatic rings. The molecule has 2 N–H and O–H groups in total. The molecule has 3 atom stereocenters. The van der Waals surface area contributed by atoms with Crippen molar-refractivity contribution < 1.29 is 14.7 Å². The van der Waals surface area contributed by atoms with Crippen LogP contribution in [0.15, 0.2) is 0 Å². The molecule has 5 nitrogen and oxygen atoms in total. The minimum atomic E-state index is -0.766. The van der Waals surface area contributed by atoms with E-state index in [4.69, 9.17) is 0 Å². The number of fused-ring (bicyclic) bond motifs is 1. The first-order valence-corrected chi connectivity index (χ1v) is 8.43. The van der Waals surface area contributed by atoms with Gasteiger partial charge in [-0.3, -0.25) is 14.5 Å². The van der Waals surface area contributed by atoms with Gasteiger partial charge in [-0.1, -0.05) is 25.7 Å². The number of carbonyl (C=O) groups is 2. The van der Waals surface area contributed by atoms with E-state index in [1.54, 1.807) is 0 Å². The number of nitrogens with one attached hydrogen (secondary N) is 1. The summed E-state index contributed by atoms with van der Waals surface area (Å²) >= 11 is 0. The Labute approximate surface area is 126 Å². The predicted molar refractivity (Wildman–Crippen MR) is 78.9 cm³/mol. The van der Waals surface area contributed by atoms with E-state index < -0.39 is 12.0 Å². The van der Waals surface area contributed by atoms with Gasteiger partial charge in [-0.2, -0.15) is 0 Å². The van der Waals surface area contributed by atoms with Gasteiger partial charge in [-0.15, -0.1) is 0 Å². The highest BCUT2D eigenvalue weighted by Gasteiger charge is 2.45. The second kappa shape index (κ2) is 6.34. The fourth-order valence-corrected chi connectivity index (χ4v) is 4.53. The van der Waals surface area contributed by atoms with Gasteiger partial charge in [0.05, 0.1) is 6.54 Å². The summed E-state index contributed by atoms with van der Waals surface area (Å²) in [6, 6.07) is 0.146. The van der Waals surface area contributed by atoms with Gasteiger partial charge in [0.2, 0.25) is 5.91 Å². The summed E-state index contributed by atoms with van der Waals surface area (Å²) in [7, 11) is 0. The summed E-state index contributed by atoms with van der Waals surface area (Å²) in [6.45, 7) is 0.259. The molecule has 2 saturated carbocycles. The quantitative estimate of drug-likeness (QED) is 0.829. The van der Waals surface area contributed by atoms with Crippen LogP contribution in [0.1, 0.15) is 57.8 Å². The Morgan fingerprint density at radius 2 is 1.71 bits per heavy atom. The zero-order valence-electron chi connectivity index (χ0n) is 12.6. The van der Waals surface area contributed by atoms with Crippen LogP contribution in [0.3, 0.4) is 0 Å². The number of carboxylic acid groups (broad SMARTS) is 1. The largest absolute Gasteiger partial charge is 0.480 e. The summed E-state index contributed by atoms with van der Waals surface area (Å²) in [5, 5.41) is 12.5. The molecule has 21 heavy (non-hydrogen) atoms. The predicted octanol–water partition coefficient (Wildman–Crippen LogP) is 1.76. The second-order valence-electron chi connectivity index (χ2n) is 6.92. The van der Waals surface area contributed by atoms with Crippen molar-refractivity contribution in [2.75, 3.05) is 6.54 Å². The van der Waals surface area contributed by atoms with Crippen molar-refractivity contribution in [3.05, 3.63) is 0 Å². The van der Waals surface area contributed by atoms with Gasteiger partial charge in [0.15, 0.2) is 0 Å². The lowest BCUT2D eigenvalue weighted by Crippen LogP contribution is -2.48. The molecule has 1 saturated heterocycles. The Morgan fingerprint density at radius 1 is 1.05 bits per heavy atom. The van der Waals surface area contributed by atoms with Gasteiger partial charge in [-0.05, 0) is 38.0 Å². The summed E-state index contributed by atoms with van der Waals surface area (Å²) < 4.78 is 0. The summed E-state index contributed by atoms with van der Waals surface area (Å²) in [5.41, 5.74) is 0. The lowest BCUT2D eigenvalue weighted by atomic mass is 9.85. The van der Waals surface area contributed by atoms with Crippen LogP contribution in [-0.2, 0) is 9.59 Å². The van der Waals surface area contributed by atoms with E-state index in [0.29, 0.717) is 18.0 Å². The SMILES string of the molecule is O=C(CN1[C@@H]2CCCC[C@@H]2C[C@H]1C(=O)O)NC1CCCC1. The topological polar surface area (TPSA) is 69.6 Å². The van der Waals surface area contributed by atoms with Crippen molar-refractivity contribution in [1.29, 1.82) is 0 Å². The molecular formula is C16H26N2O3. The summed E-state index contributed by atoms with van der Waals surface area (Å²) in [6.07, 6.45) is 9.77. The maximum Gasteiger partial charge on any atom is 0.320 e. The molecule has 5 heteroatoms. The van der Waals surface area contributed by atoms with E-state index in [1.807, 2.05) is 4.90 Å². The second-order valence-corrected chi connectivity index (χ2v) is 6.92. The number of hydrogen-bond donors (Lipinski definition) is 2. The number of amides is 1. The van der Waals surface area contributed by atoms with E-state index in [2.05, 4.69) is 5.32 Å². The number of hydrogen-bond acceptors (Lipinski definition) is 3. The maximum absolute atomic E-state index is 12.3. The first-order valence-electron chi connectivity index (χ1n) is 8.43. The van der Waals surface area contributed by atoms with Crippen molar-refractivity contribution in [2.45, 2.75) is 75.9 Å². The zero-order chi connectivity index (χ0) is 14.8. The molecule has 118 valence electrons. The van der Waals surface area contributed by atoms with E-state index in [1.165, 1.54) is 19.3 Å². The van der Waals surface area contributed by atoms with Crippen molar-refractivity contribution in [3.63, 3.8) is 0 Å². The summed E-state index contributed by atoms with van der Waals surface area (Å²) in [5.74, 6) is -0.281. The Hall–Kier alpha value is -1.10. The normalized spacial score (nSPS) is 33.8. The van der Waals surface area contributed by atoms with Gasteiger partial charge >= 0.3 is 5.97 Å². The molecule has 0 aromatic heterocycles.